The van der Waals surface area contributed by atoms with E-state index in [0.29, 0.717) is 33.0 Å². The first-order valence-corrected chi connectivity index (χ1v) is 12.8. The number of nitrogens with zero attached hydrogens (tertiary/aromatic N) is 1. The van der Waals surface area contributed by atoms with Gasteiger partial charge in [0.1, 0.15) is 6.54 Å². The van der Waals surface area contributed by atoms with Crippen molar-refractivity contribution in [1.82, 2.24) is 5.32 Å². The largest absolute Gasteiger partial charge is 0.493 e. The second kappa shape index (κ2) is 11.5. The lowest BCUT2D eigenvalue weighted by Gasteiger charge is -2.24. The third-order valence-electron chi connectivity index (χ3n) is 5.25. The third-order valence-corrected chi connectivity index (χ3v) is 7.54. The molecule has 0 radical (unpaired) electrons. The van der Waals surface area contributed by atoms with Crippen LogP contribution in [0.25, 0.3) is 0 Å². The van der Waals surface area contributed by atoms with Crippen molar-refractivity contribution in [3.05, 3.63) is 76.3 Å². The Morgan fingerprint density at radius 3 is 2.23 bits per heavy atom. The maximum atomic E-state index is 13.5. The van der Waals surface area contributed by atoms with E-state index in [2.05, 4.69) is 21.2 Å². The van der Waals surface area contributed by atoms with Gasteiger partial charge >= 0.3 is 0 Å². The van der Waals surface area contributed by atoms with Crippen molar-refractivity contribution in [1.29, 1.82) is 0 Å². The minimum Gasteiger partial charge on any atom is -0.493 e. The van der Waals surface area contributed by atoms with Gasteiger partial charge in [-0.25, -0.2) is 8.42 Å². The zero-order valence-corrected chi connectivity index (χ0v) is 22.3. The molecule has 3 aromatic carbocycles. The molecule has 0 aliphatic carbocycles. The van der Waals surface area contributed by atoms with Gasteiger partial charge in [-0.1, -0.05) is 39.7 Å². The highest BCUT2D eigenvalue weighted by atomic mass is 79.9. The number of halogens is 1. The van der Waals surface area contributed by atoms with Crippen molar-refractivity contribution < 1.29 is 27.4 Å². The number of carbonyl (C=O) groups is 1. The Balaban J connectivity index is 1.87. The molecule has 0 aliphatic rings. The van der Waals surface area contributed by atoms with Gasteiger partial charge in [-0.05, 0) is 49.4 Å². The number of aryl methyl sites for hydroxylation is 1. The number of hydrogen-bond acceptors (Lipinski definition) is 6. The fourth-order valence-electron chi connectivity index (χ4n) is 3.47. The molecular formula is C25H27BrN2O6S. The van der Waals surface area contributed by atoms with Gasteiger partial charge in [-0.15, -0.1) is 0 Å². The smallest absolute Gasteiger partial charge is 0.264 e. The average Bonchev–Trinajstić information content (AvgIpc) is 2.85. The number of ether oxygens (including phenoxy) is 3. The van der Waals surface area contributed by atoms with Gasteiger partial charge in [-0.3, -0.25) is 9.10 Å². The zero-order chi connectivity index (χ0) is 25.6. The number of rotatable bonds is 10. The zero-order valence-electron chi connectivity index (χ0n) is 19.9. The number of sulfonamides is 1. The van der Waals surface area contributed by atoms with Crippen molar-refractivity contribution >= 4 is 37.5 Å². The summed E-state index contributed by atoms with van der Waals surface area (Å²) in [6.45, 7) is 1.56. The van der Waals surface area contributed by atoms with Gasteiger partial charge < -0.3 is 19.5 Å². The molecule has 0 aromatic heterocycles. The van der Waals surface area contributed by atoms with Crippen LogP contribution in [0.5, 0.6) is 17.2 Å². The van der Waals surface area contributed by atoms with E-state index in [4.69, 9.17) is 14.2 Å². The number of carbonyl (C=O) groups excluding carboxylic acids is 1. The molecule has 1 N–H and O–H groups in total. The van der Waals surface area contributed by atoms with Crippen molar-refractivity contribution in [2.45, 2.75) is 18.4 Å². The van der Waals surface area contributed by atoms with E-state index in [1.807, 2.05) is 6.92 Å². The van der Waals surface area contributed by atoms with Crippen LogP contribution in [-0.4, -0.2) is 42.2 Å². The van der Waals surface area contributed by atoms with Crippen LogP contribution in [-0.2, 0) is 21.4 Å². The van der Waals surface area contributed by atoms with Crippen molar-refractivity contribution in [3.63, 3.8) is 0 Å². The fourth-order valence-corrected chi connectivity index (χ4v) is 5.27. The van der Waals surface area contributed by atoms with Crippen molar-refractivity contribution in [3.8, 4) is 17.2 Å². The lowest BCUT2D eigenvalue weighted by atomic mass is 10.1. The predicted octanol–water partition coefficient (Wildman–Crippen LogP) is 4.30. The molecule has 10 heteroatoms. The first-order chi connectivity index (χ1) is 16.7. The lowest BCUT2D eigenvalue weighted by molar-refractivity contribution is -0.119. The Morgan fingerprint density at radius 1 is 0.943 bits per heavy atom. The molecule has 0 saturated heterocycles. The molecule has 0 bridgehead atoms. The second-order valence-corrected chi connectivity index (χ2v) is 10.4. The summed E-state index contributed by atoms with van der Waals surface area (Å²) in [7, 11) is 0.496. The molecule has 0 heterocycles. The maximum absolute atomic E-state index is 13.5. The van der Waals surface area contributed by atoms with E-state index in [0.717, 1.165) is 9.87 Å². The van der Waals surface area contributed by atoms with Crippen LogP contribution in [0.4, 0.5) is 5.69 Å². The quantitative estimate of drug-likeness (QED) is 0.396. The monoisotopic (exact) mass is 562 g/mol. The molecule has 3 rings (SSSR count). The molecule has 0 atom stereocenters. The summed E-state index contributed by atoms with van der Waals surface area (Å²) in [6, 6.07) is 16.7. The van der Waals surface area contributed by atoms with Crippen LogP contribution in [0.2, 0.25) is 0 Å². The first-order valence-electron chi connectivity index (χ1n) is 10.6. The molecule has 35 heavy (non-hydrogen) atoms. The highest BCUT2D eigenvalue weighted by molar-refractivity contribution is 9.10. The number of amides is 1. The minimum atomic E-state index is -4.01. The van der Waals surface area contributed by atoms with Crippen LogP contribution in [0, 0.1) is 6.92 Å². The maximum Gasteiger partial charge on any atom is 0.264 e. The molecule has 186 valence electrons. The Bertz CT molecular complexity index is 1300. The van der Waals surface area contributed by atoms with Crippen LogP contribution >= 0.6 is 15.9 Å². The second-order valence-electron chi connectivity index (χ2n) is 7.57. The summed E-state index contributed by atoms with van der Waals surface area (Å²) in [5, 5.41) is 2.78. The third kappa shape index (κ3) is 6.07. The van der Waals surface area contributed by atoms with Gasteiger partial charge in [-0.2, -0.15) is 0 Å². The van der Waals surface area contributed by atoms with E-state index in [-0.39, 0.29) is 11.4 Å². The van der Waals surface area contributed by atoms with Crippen LogP contribution in [0.3, 0.4) is 0 Å². The van der Waals surface area contributed by atoms with Gasteiger partial charge in [0.2, 0.25) is 11.7 Å². The summed E-state index contributed by atoms with van der Waals surface area (Å²) in [5.74, 6) is 0.824. The number of methoxy groups -OCH3 is 3. The predicted molar refractivity (Wildman–Crippen MR) is 138 cm³/mol. The highest BCUT2D eigenvalue weighted by Crippen LogP contribution is 2.39. The lowest BCUT2D eigenvalue weighted by Crippen LogP contribution is -2.40. The first kappa shape index (κ1) is 26.4. The molecular weight excluding hydrogens is 536 g/mol. The molecule has 1 amide bonds. The molecule has 0 unspecified atom stereocenters. The Kier molecular flexibility index (Phi) is 8.63. The van der Waals surface area contributed by atoms with Gasteiger partial charge in [0.05, 0.1) is 31.9 Å². The van der Waals surface area contributed by atoms with Crippen LogP contribution in [0.1, 0.15) is 11.1 Å². The summed E-state index contributed by atoms with van der Waals surface area (Å²) in [5.41, 5.74) is 1.94. The average molecular weight is 563 g/mol. The van der Waals surface area contributed by atoms with E-state index in [1.54, 1.807) is 48.5 Å². The van der Waals surface area contributed by atoms with Gasteiger partial charge in [0.25, 0.3) is 10.0 Å². The minimum absolute atomic E-state index is 0.0948. The summed E-state index contributed by atoms with van der Waals surface area (Å²) in [6.07, 6.45) is 0. The number of benzene rings is 3. The van der Waals surface area contributed by atoms with Gasteiger partial charge in [0.15, 0.2) is 11.5 Å². The molecule has 0 saturated carbocycles. The van der Waals surface area contributed by atoms with E-state index in [9.17, 15) is 13.2 Å². The Hall–Kier alpha value is -3.24. The molecule has 8 nitrogen and oxygen atoms in total. The van der Waals surface area contributed by atoms with E-state index >= 15 is 0 Å². The van der Waals surface area contributed by atoms with Crippen molar-refractivity contribution in [2.24, 2.45) is 0 Å². The Labute approximate surface area is 214 Å². The molecule has 0 aliphatic heterocycles. The van der Waals surface area contributed by atoms with Crippen LogP contribution < -0.4 is 23.8 Å². The summed E-state index contributed by atoms with van der Waals surface area (Å²) < 4.78 is 44.9. The topological polar surface area (TPSA) is 94.2 Å². The summed E-state index contributed by atoms with van der Waals surface area (Å²) in [4.78, 5) is 13.1. The SMILES string of the molecule is COc1ccc(CNC(=O)CN(c2cccc(Br)c2)S(=O)(=O)c2ccc(C)cc2)c(OC)c1OC. The van der Waals surface area contributed by atoms with Gasteiger partial charge in [0, 0.05) is 16.6 Å². The molecule has 3 aromatic rings. The molecule has 0 spiro atoms. The molecule has 0 fully saturated rings. The highest BCUT2D eigenvalue weighted by Gasteiger charge is 2.27. The number of anilines is 1. The normalized spacial score (nSPS) is 11.0. The number of hydrogen-bond donors (Lipinski definition) is 1. The van der Waals surface area contributed by atoms with Crippen LogP contribution in [0.15, 0.2) is 70.0 Å². The standard InChI is InChI=1S/C25H27BrN2O6S/c1-17-8-11-21(12-9-17)35(30,31)28(20-7-5-6-19(26)14-20)16-23(29)27-15-18-10-13-22(32-2)25(34-4)24(18)33-3/h5-14H,15-16H2,1-4H3,(H,27,29). The van der Waals surface area contributed by atoms with Crippen molar-refractivity contribution in [2.75, 3.05) is 32.2 Å². The Morgan fingerprint density at radius 2 is 1.63 bits per heavy atom. The number of nitrogens with one attached hydrogen (secondary N) is 1. The van der Waals surface area contributed by atoms with E-state index in [1.165, 1.54) is 33.5 Å². The van der Waals surface area contributed by atoms with E-state index < -0.39 is 22.5 Å². The fraction of sp³-hybridized carbons (Fsp3) is 0.240. The summed E-state index contributed by atoms with van der Waals surface area (Å²) >= 11 is 3.37.